The lowest BCUT2D eigenvalue weighted by molar-refractivity contribution is -0.136. The van der Waals surface area contributed by atoms with Crippen LogP contribution in [0.15, 0.2) is 0 Å². The summed E-state index contributed by atoms with van der Waals surface area (Å²) in [6.45, 7) is 11.3. The molecule has 3 aliphatic rings. The second-order valence-corrected chi connectivity index (χ2v) is 8.48. The lowest BCUT2D eigenvalue weighted by atomic mass is 9.92. The van der Waals surface area contributed by atoms with Gasteiger partial charge in [0.1, 0.15) is 0 Å². The highest BCUT2D eigenvalue weighted by molar-refractivity contribution is 5.85. The number of amides is 2. The van der Waals surface area contributed by atoms with Crippen LogP contribution in [0.2, 0.25) is 0 Å². The molecule has 2 saturated heterocycles. The zero-order valence-electron chi connectivity index (χ0n) is 16.7. The highest BCUT2D eigenvalue weighted by Crippen LogP contribution is 2.27. The summed E-state index contributed by atoms with van der Waals surface area (Å²) in [7, 11) is 0. The van der Waals surface area contributed by atoms with Crippen molar-refractivity contribution in [2.45, 2.75) is 33.1 Å². The van der Waals surface area contributed by atoms with Crippen LogP contribution < -0.4 is 5.32 Å². The molecule has 2 amide bonds. The van der Waals surface area contributed by atoms with Crippen LogP contribution in [-0.2, 0) is 9.59 Å². The first-order chi connectivity index (χ1) is 12.0. The Morgan fingerprint density at radius 2 is 1.48 bits per heavy atom. The molecule has 1 N–H and O–H groups in total. The van der Waals surface area contributed by atoms with Gasteiger partial charge in [-0.1, -0.05) is 13.8 Å². The molecule has 158 valence electrons. The van der Waals surface area contributed by atoms with Gasteiger partial charge >= 0.3 is 0 Å². The molecule has 0 bridgehead atoms. The monoisotopic (exact) mass is 422 g/mol. The summed E-state index contributed by atoms with van der Waals surface area (Å²) in [6.07, 6.45) is 3.84. The standard InChI is InChI=1S/C19H34N4O2.2ClH/c1-15-9-16(2)13-23(12-15)19(25)14-21-5-7-22(8-6-21)18(24)11-20-10-17-3-4-17;;/h15-17,20H,3-14H2,1-2H3;2*1H. The van der Waals surface area contributed by atoms with Crippen LogP contribution in [0, 0.1) is 17.8 Å². The first-order valence-corrected chi connectivity index (χ1v) is 10.00. The van der Waals surface area contributed by atoms with Gasteiger partial charge in [-0.2, -0.15) is 0 Å². The van der Waals surface area contributed by atoms with Gasteiger partial charge in [0.25, 0.3) is 0 Å². The van der Waals surface area contributed by atoms with Gasteiger partial charge in [0.15, 0.2) is 0 Å². The number of hydrogen-bond donors (Lipinski definition) is 1. The van der Waals surface area contributed by atoms with Gasteiger partial charge in [-0.25, -0.2) is 0 Å². The molecule has 27 heavy (non-hydrogen) atoms. The van der Waals surface area contributed by atoms with Crippen molar-refractivity contribution >= 4 is 36.6 Å². The molecule has 8 heteroatoms. The van der Waals surface area contributed by atoms with Crippen LogP contribution in [0.4, 0.5) is 0 Å². The summed E-state index contributed by atoms with van der Waals surface area (Å²) >= 11 is 0. The Morgan fingerprint density at radius 1 is 0.889 bits per heavy atom. The van der Waals surface area contributed by atoms with E-state index in [1.54, 1.807) is 0 Å². The number of likely N-dealkylation sites (tertiary alicyclic amines) is 1. The smallest absolute Gasteiger partial charge is 0.236 e. The molecule has 0 aromatic heterocycles. The van der Waals surface area contributed by atoms with Gasteiger partial charge in [0, 0.05) is 39.3 Å². The quantitative estimate of drug-likeness (QED) is 0.703. The van der Waals surface area contributed by atoms with Crippen LogP contribution in [-0.4, -0.2) is 85.4 Å². The van der Waals surface area contributed by atoms with Crippen molar-refractivity contribution in [3.63, 3.8) is 0 Å². The average Bonchev–Trinajstić information content (AvgIpc) is 3.39. The predicted octanol–water partition coefficient (Wildman–Crippen LogP) is 1.48. The number of hydrogen-bond acceptors (Lipinski definition) is 4. The predicted molar refractivity (Wildman–Crippen MR) is 113 cm³/mol. The van der Waals surface area contributed by atoms with Crippen molar-refractivity contribution in [2.75, 3.05) is 58.9 Å². The summed E-state index contributed by atoms with van der Waals surface area (Å²) in [5.41, 5.74) is 0. The van der Waals surface area contributed by atoms with Crippen molar-refractivity contribution < 1.29 is 9.59 Å². The van der Waals surface area contributed by atoms with E-state index >= 15 is 0 Å². The van der Waals surface area contributed by atoms with Gasteiger partial charge in [-0.3, -0.25) is 14.5 Å². The summed E-state index contributed by atoms with van der Waals surface area (Å²) in [5.74, 6) is 2.46. The Kier molecular flexibility index (Phi) is 10.4. The lowest BCUT2D eigenvalue weighted by Crippen LogP contribution is -2.54. The van der Waals surface area contributed by atoms with E-state index in [1.165, 1.54) is 19.3 Å². The summed E-state index contributed by atoms with van der Waals surface area (Å²) in [6, 6.07) is 0. The summed E-state index contributed by atoms with van der Waals surface area (Å²) < 4.78 is 0. The second-order valence-electron chi connectivity index (χ2n) is 8.48. The molecule has 2 aliphatic heterocycles. The molecule has 0 aromatic carbocycles. The highest BCUT2D eigenvalue weighted by atomic mass is 35.5. The number of halogens is 2. The third-order valence-corrected chi connectivity index (χ3v) is 5.71. The topological polar surface area (TPSA) is 55.9 Å². The molecular weight excluding hydrogens is 387 g/mol. The van der Waals surface area contributed by atoms with Crippen LogP contribution in [0.3, 0.4) is 0 Å². The molecule has 3 fully saturated rings. The van der Waals surface area contributed by atoms with Crippen molar-refractivity contribution in [3.8, 4) is 0 Å². The Hall–Kier alpha value is -0.560. The number of rotatable bonds is 6. The highest BCUT2D eigenvalue weighted by Gasteiger charge is 2.28. The zero-order valence-corrected chi connectivity index (χ0v) is 18.3. The number of nitrogens with zero attached hydrogens (tertiary/aromatic N) is 3. The van der Waals surface area contributed by atoms with E-state index in [2.05, 4.69) is 24.1 Å². The van der Waals surface area contributed by atoms with E-state index in [1.807, 2.05) is 9.80 Å². The molecule has 3 rings (SSSR count). The molecule has 2 unspecified atom stereocenters. The van der Waals surface area contributed by atoms with E-state index < -0.39 is 0 Å². The number of carbonyl (C=O) groups is 2. The maximum atomic E-state index is 12.6. The van der Waals surface area contributed by atoms with Crippen molar-refractivity contribution in [1.82, 2.24) is 20.0 Å². The molecule has 0 spiro atoms. The van der Waals surface area contributed by atoms with E-state index in [9.17, 15) is 9.59 Å². The van der Waals surface area contributed by atoms with E-state index in [4.69, 9.17) is 0 Å². The molecular formula is C19H36Cl2N4O2. The normalized spacial score (nSPS) is 26.1. The molecule has 2 atom stereocenters. The minimum Gasteiger partial charge on any atom is -0.341 e. The van der Waals surface area contributed by atoms with E-state index in [0.717, 1.165) is 51.7 Å². The Labute approximate surface area is 176 Å². The average molecular weight is 423 g/mol. The third kappa shape index (κ3) is 7.76. The zero-order chi connectivity index (χ0) is 17.8. The molecule has 6 nitrogen and oxygen atoms in total. The Balaban J connectivity index is 0.00000182. The number of carbonyl (C=O) groups excluding carboxylic acids is 2. The molecule has 1 aliphatic carbocycles. The van der Waals surface area contributed by atoms with E-state index in [0.29, 0.717) is 24.9 Å². The van der Waals surface area contributed by atoms with Gasteiger partial charge in [0.05, 0.1) is 13.1 Å². The molecule has 0 aromatic rings. The fourth-order valence-corrected chi connectivity index (χ4v) is 4.13. The lowest BCUT2D eigenvalue weighted by Gasteiger charge is -2.38. The van der Waals surface area contributed by atoms with Gasteiger partial charge in [-0.15, -0.1) is 24.8 Å². The first-order valence-electron chi connectivity index (χ1n) is 10.00. The van der Waals surface area contributed by atoms with Gasteiger partial charge in [-0.05, 0) is 43.6 Å². The van der Waals surface area contributed by atoms with E-state index in [-0.39, 0.29) is 36.6 Å². The van der Waals surface area contributed by atoms with Crippen LogP contribution in [0.1, 0.15) is 33.1 Å². The van der Waals surface area contributed by atoms with Crippen LogP contribution in [0.5, 0.6) is 0 Å². The number of nitrogens with one attached hydrogen (secondary N) is 1. The van der Waals surface area contributed by atoms with Crippen molar-refractivity contribution in [2.24, 2.45) is 17.8 Å². The third-order valence-electron chi connectivity index (χ3n) is 5.71. The summed E-state index contributed by atoms with van der Waals surface area (Å²) in [4.78, 5) is 31.0. The minimum atomic E-state index is 0. The fourth-order valence-electron chi connectivity index (χ4n) is 4.13. The van der Waals surface area contributed by atoms with Crippen molar-refractivity contribution in [3.05, 3.63) is 0 Å². The van der Waals surface area contributed by atoms with Crippen LogP contribution in [0.25, 0.3) is 0 Å². The number of piperazine rings is 1. The maximum Gasteiger partial charge on any atom is 0.236 e. The Bertz CT molecular complexity index is 472. The Morgan fingerprint density at radius 3 is 2.04 bits per heavy atom. The second kappa shape index (κ2) is 11.4. The number of piperidine rings is 1. The summed E-state index contributed by atoms with van der Waals surface area (Å²) in [5, 5.41) is 3.27. The first kappa shape index (κ1) is 24.5. The maximum absolute atomic E-state index is 12.6. The molecule has 0 radical (unpaired) electrons. The molecule has 1 saturated carbocycles. The fraction of sp³-hybridized carbons (Fsp3) is 0.895. The van der Waals surface area contributed by atoms with Gasteiger partial charge < -0.3 is 15.1 Å². The van der Waals surface area contributed by atoms with Crippen molar-refractivity contribution in [1.29, 1.82) is 0 Å². The SMILES string of the molecule is CC1CC(C)CN(C(=O)CN2CCN(C(=O)CNCC3CC3)CC2)C1.Cl.Cl. The minimum absolute atomic E-state index is 0. The van der Waals surface area contributed by atoms with Crippen LogP contribution >= 0.6 is 24.8 Å². The molecule has 2 heterocycles. The largest absolute Gasteiger partial charge is 0.341 e. The van der Waals surface area contributed by atoms with Gasteiger partial charge in [0.2, 0.25) is 11.8 Å².